The minimum atomic E-state index is -0.817. The van der Waals surface area contributed by atoms with Crippen LogP contribution in [0.15, 0.2) is 18.3 Å². The van der Waals surface area contributed by atoms with Crippen LogP contribution in [0.5, 0.6) is 6.01 Å². The van der Waals surface area contributed by atoms with E-state index in [1.807, 2.05) is 6.07 Å². The average molecular weight is 384 g/mol. The lowest BCUT2D eigenvalue weighted by Gasteiger charge is -2.52. The van der Waals surface area contributed by atoms with Crippen molar-refractivity contribution in [2.45, 2.75) is 50.5 Å². The second-order valence-electron chi connectivity index (χ2n) is 8.29. The highest BCUT2D eigenvalue weighted by Crippen LogP contribution is 2.44. The topological polar surface area (TPSA) is 116 Å². The van der Waals surface area contributed by atoms with Crippen LogP contribution < -0.4 is 10.1 Å². The molecular formula is C19H24N6O3. The van der Waals surface area contributed by atoms with Crippen LogP contribution in [-0.2, 0) is 0 Å². The van der Waals surface area contributed by atoms with Crippen LogP contribution in [0, 0.1) is 5.41 Å². The molecule has 1 amide bonds. The number of nitrogens with one attached hydrogen (secondary N) is 2. The summed E-state index contributed by atoms with van der Waals surface area (Å²) in [5, 5.41) is 19.6. The quantitative estimate of drug-likeness (QED) is 0.725. The molecule has 28 heavy (non-hydrogen) atoms. The fourth-order valence-corrected chi connectivity index (χ4v) is 4.29. The first-order chi connectivity index (χ1) is 13.6. The molecule has 5 rings (SSSR count). The lowest BCUT2D eigenvalue weighted by atomic mass is 9.68. The fraction of sp³-hybridized carbons (Fsp3) is 0.579. The van der Waals surface area contributed by atoms with Crippen LogP contribution in [0.3, 0.4) is 0 Å². The smallest absolute Gasteiger partial charge is 0.407 e. The fourth-order valence-electron chi connectivity index (χ4n) is 4.29. The Morgan fingerprint density at radius 2 is 2.04 bits per heavy atom. The van der Waals surface area contributed by atoms with Gasteiger partial charge in [0.15, 0.2) is 5.82 Å². The van der Waals surface area contributed by atoms with Gasteiger partial charge in [0.25, 0.3) is 0 Å². The van der Waals surface area contributed by atoms with Crippen molar-refractivity contribution in [1.82, 2.24) is 25.1 Å². The molecule has 0 atom stereocenters. The Morgan fingerprint density at radius 1 is 1.25 bits per heavy atom. The molecule has 0 bridgehead atoms. The summed E-state index contributed by atoms with van der Waals surface area (Å²) in [4.78, 5) is 21.2. The van der Waals surface area contributed by atoms with Crippen LogP contribution in [0.25, 0.3) is 0 Å². The normalized spacial score (nSPS) is 21.4. The van der Waals surface area contributed by atoms with Gasteiger partial charge in [-0.2, -0.15) is 10.1 Å². The van der Waals surface area contributed by atoms with Gasteiger partial charge in [-0.3, -0.25) is 5.10 Å². The van der Waals surface area contributed by atoms with Gasteiger partial charge in [0.2, 0.25) is 0 Å². The van der Waals surface area contributed by atoms with Gasteiger partial charge in [-0.1, -0.05) is 0 Å². The molecule has 1 aliphatic heterocycles. The van der Waals surface area contributed by atoms with Gasteiger partial charge in [-0.05, 0) is 44.6 Å². The van der Waals surface area contributed by atoms with E-state index >= 15 is 0 Å². The van der Waals surface area contributed by atoms with Crippen LogP contribution in [0.4, 0.5) is 16.4 Å². The molecule has 2 aromatic rings. The summed E-state index contributed by atoms with van der Waals surface area (Å²) < 4.78 is 6.00. The number of rotatable bonds is 5. The molecule has 3 N–H and O–H groups in total. The third-order valence-electron chi connectivity index (χ3n) is 6.09. The summed E-state index contributed by atoms with van der Waals surface area (Å²) in [6, 6.07) is 4.19. The third kappa shape index (κ3) is 3.48. The molecule has 3 heterocycles. The first-order valence-corrected chi connectivity index (χ1v) is 9.89. The minimum absolute atomic E-state index is 0.0756. The van der Waals surface area contributed by atoms with Crippen molar-refractivity contribution in [3.05, 3.63) is 24.0 Å². The Kier molecular flexibility index (Phi) is 4.10. The number of aromatic nitrogens is 4. The zero-order valence-corrected chi connectivity index (χ0v) is 15.6. The van der Waals surface area contributed by atoms with Crippen molar-refractivity contribution < 1.29 is 14.6 Å². The molecule has 2 aliphatic carbocycles. The van der Waals surface area contributed by atoms with Gasteiger partial charge in [0.1, 0.15) is 11.9 Å². The minimum Gasteiger partial charge on any atom is -0.465 e. The predicted octanol–water partition coefficient (Wildman–Crippen LogP) is 3.12. The standard InChI is InChI=1S/C19H24N6O3/c26-18(27)25-10-19(11-25)6-3-13(4-7-19)28-17-20-8-5-15(22-17)21-16-9-14(23-24-16)12-1-2-12/h5,8-9,12-13H,1-4,6-7,10-11H2,(H,26,27)(H2,20,21,22,23,24). The zero-order valence-electron chi connectivity index (χ0n) is 15.6. The summed E-state index contributed by atoms with van der Waals surface area (Å²) in [5.41, 5.74) is 1.32. The van der Waals surface area contributed by atoms with Gasteiger partial charge >= 0.3 is 12.1 Å². The SMILES string of the molecule is O=C(O)N1CC2(CCC(Oc3nccc(Nc4cc(C5CC5)[nH]n4)n3)CC2)C1. The summed E-state index contributed by atoms with van der Waals surface area (Å²) in [7, 11) is 0. The second kappa shape index (κ2) is 6.65. The molecule has 0 aromatic carbocycles. The van der Waals surface area contributed by atoms with Crippen LogP contribution in [0.2, 0.25) is 0 Å². The summed E-state index contributed by atoms with van der Waals surface area (Å²) in [5.74, 6) is 2.03. The highest BCUT2D eigenvalue weighted by atomic mass is 16.5. The van der Waals surface area contributed by atoms with E-state index < -0.39 is 6.09 Å². The van der Waals surface area contributed by atoms with Crippen molar-refractivity contribution in [2.24, 2.45) is 5.41 Å². The molecule has 148 valence electrons. The van der Waals surface area contributed by atoms with E-state index in [4.69, 9.17) is 9.84 Å². The predicted molar refractivity (Wildman–Crippen MR) is 101 cm³/mol. The van der Waals surface area contributed by atoms with E-state index in [1.54, 1.807) is 12.3 Å². The number of amides is 1. The molecule has 1 spiro atoms. The number of H-pyrrole nitrogens is 1. The monoisotopic (exact) mass is 384 g/mol. The number of hydrogen-bond donors (Lipinski definition) is 3. The maximum atomic E-state index is 11.0. The molecule has 9 heteroatoms. The molecule has 0 radical (unpaired) electrons. The number of hydrogen-bond acceptors (Lipinski definition) is 6. The Labute approximate surface area is 162 Å². The van der Waals surface area contributed by atoms with E-state index in [9.17, 15) is 4.79 Å². The number of aromatic amines is 1. The van der Waals surface area contributed by atoms with Gasteiger partial charge in [0.05, 0.1) is 0 Å². The van der Waals surface area contributed by atoms with Gasteiger partial charge in [-0.25, -0.2) is 9.78 Å². The molecule has 0 unspecified atom stereocenters. The Bertz CT molecular complexity index is 864. The van der Waals surface area contributed by atoms with E-state index in [1.165, 1.54) is 23.4 Å². The molecule has 3 aliphatic rings. The third-order valence-corrected chi connectivity index (χ3v) is 6.09. The molecule has 1 saturated heterocycles. The molecule has 2 aromatic heterocycles. The van der Waals surface area contributed by atoms with Gasteiger partial charge < -0.3 is 20.1 Å². The largest absolute Gasteiger partial charge is 0.465 e. The van der Waals surface area contributed by atoms with Crippen LogP contribution in [0.1, 0.15) is 50.1 Å². The lowest BCUT2D eigenvalue weighted by Crippen LogP contribution is -2.59. The van der Waals surface area contributed by atoms with Crippen LogP contribution in [-0.4, -0.2) is 55.5 Å². The number of carbonyl (C=O) groups is 1. The zero-order chi connectivity index (χ0) is 19.1. The number of anilines is 2. The van der Waals surface area contributed by atoms with Crippen LogP contribution >= 0.6 is 0 Å². The number of ether oxygens (including phenoxy) is 1. The first kappa shape index (κ1) is 17.3. The van der Waals surface area contributed by atoms with Crippen molar-refractivity contribution in [3.63, 3.8) is 0 Å². The lowest BCUT2D eigenvalue weighted by molar-refractivity contribution is -0.0380. The second-order valence-corrected chi connectivity index (χ2v) is 8.29. The highest BCUT2D eigenvalue weighted by Gasteiger charge is 2.47. The average Bonchev–Trinajstić information content (AvgIpc) is 3.40. The molecule has 2 saturated carbocycles. The van der Waals surface area contributed by atoms with Crippen molar-refractivity contribution in [3.8, 4) is 6.01 Å². The van der Waals surface area contributed by atoms with Gasteiger partial charge in [-0.15, -0.1) is 0 Å². The summed E-state index contributed by atoms with van der Waals surface area (Å²) in [6.07, 6.45) is 7.16. The Balaban J connectivity index is 1.15. The summed E-state index contributed by atoms with van der Waals surface area (Å²) in [6.45, 7) is 1.30. The van der Waals surface area contributed by atoms with E-state index in [-0.39, 0.29) is 11.5 Å². The Hall–Kier alpha value is -2.84. The van der Waals surface area contributed by atoms with E-state index in [0.717, 1.165) is 31.5 Å². The number of likely N-dealkylation sites (tertiary alicyclic amines) is 1. The number of nitrogens with zero attached hydrogens (tertiary/aromatic N) is 4. The molecule has 3 fully saturated rings. The maximum absolute atomic E-state index is 11.0. The Morgan fingerprint density at radius 3 is 2.75 bits per heavy atom. The first-order valence-electron chi connectivity index (χ1n) is 9.89. The van der Waals surface area contributed by atoms with Gasteiger partial charge in [0, 0.05) is 42.4 Å². The number of carboxylic acid groups (broad SMARTS) is 1. The molecule has 9 nitrogen and oxygen atoms in total. The maximum Gasteiger partial charge on any atom is 0.407 e. The summed E-state index contributed by atoms with van der Waals surface area (Å²) >= 11 is 0. The van der Waals surface area contributed by atoms with Crippen molar-refractivity contribution in [2.75, 3.05) is 18.4 Å². The van der Waals surface area contributed by atoms with E-state index in [2.05, 4.69) is 25.5 Å². The van der Waals surface area contributed by atoms with Crippen molar-refractivity contribution in [1.29, 1.82) is 0 Å². The van der Waals surface area contributed by atoms with E-state index in [0.29, 0.717) is 30.8 Å². The molecular weight excluding hydrogens is 360 g/mol. The highest BCUT2D eigenvalue weighted by molar-refractivity contribution is 5.66. The van der Waals surface area contributed by atoms with Crippen molar-refractivity contribution >= 4 is 17.7 Å².